The van der Waals surface area contributed by atoms with Crippen molar-refractivity contribution in [2.75, 3.05) is 0 Å². The van der Waals surface area contributed by atoms with Gasteiger partial charge >= 0.3 is 0 Å². The summed E-state index contributed by atoms with van der Waals surface area (Å²) >= 11 is 6.62. The normalized spacial score (nSPS) is 18.6. The molecule has 0 amide bonds. The molecule has 0 saturated heterocycles. The lowest BCUT2D eigenvalue weighted by molar-refractivity contribution is 0.0688. The highest BCUT2D eigenvalue weighted by Crippen LogP contribution is 2.37. The lowest BCUT2D eigenvalue weighted by Gasteiger charge is -2.23. The van der Waals surface area contributed by atoms with Crippen molar-refractivity contribution < 1.29 is 17.0 Å². The number of hydrogen-bond donors (Lipinski definition) is 1. The number of ether oxygens (including phenoxy) is 1. The summed E-state index contributed by atoms with van der Waals surface area (Å²) in [7, 11) is 0. The number of fused-ring (bicyclic) bond motifs is 4. The van der Waals surface area contributed by atoms with Crippen molar-refractivity contribution in [2.45, 2.75) is 64.0 Å². The highest BCUT2D eigenvalue weighted by molar-refractivity contribution is 6.31. The summed E-state index contributed by atoms with van der Waals surface area (Å²) in [5.41, 5.74) is 1.90. The number of rotatable bonds is 4. The zero-order valence-electron chi connectivity index (χ0n) is 23.4. The fraction of sp³-hybridized carbons (Fsp3) is 0.345. The minimum Gasteiger partial charge on any atom is -0.482 e. The number of pyridine rings is 3. The summed E-state index contributed by atoms with van der Waals surface area (Å²) < 4.78 is 38.2. The number of aliphatic hydroxyl groups is 1. The second-order valence-corrected chi connectivity index (χ2v) is 10.6. The first kappa shape index (κ1) is 23.2. The van der Waals surface area contributed by atoms with E-state index >= 15 is 0 Å². The van der Waals surface area contributed by atoms with E-state index in [1.807, 2.05) is 0 Å². The van der Waals surface area contributed by atoms with Gasteiger partial charge in [-0.1, -0.05) is 11.6 Å². The molecule has 39 heavy (non-hydrogen) atoms. The maximum Gasteiger partial charge on any atom is 0.277 e. The van der Waals surface area contributed by atoms with Crippen LogP contribution in [0.3, 0.4) is 0 Å². The van der Waals surface area contributed by atoms with E-state index in [-0.39, 0.29) is 34.3 Å². The SMILES string of the molecule is [2H]C1([2H])CC(Oc2cc3n(c(=O)c2Cl)-c2cc(-c4ccnc(C(C)(C)O)n4)ncc2CCCC3)c2ncc(F)cc21. The molecule has 6 rings (SSSR count). The molecule has 0 aromatic carbocycles. The Kier molecular flexibility index (Phi) is 5.84. The predicted octanol–water partition coefficient (Wildman–Crippen LogP) is 5.05. The highest BCUT2D eigenvalue weighted by atomic mass is 35.5. The molecule has 4 aromatic heterocycles. The molecule has 0 spiro atoms. The van der Waals surface area contributed by atoms with Crippen molar-refractivity contribution in [2.24, 2.45) is 0 Å². The molecule has 4 aromatic rings. The summed E-state index contributed by atoms with van der Waals surface area (Å²) in [6, 6.07) is 6.33. The Balaban J connectivity index is 1.43. The Morgan fingerprint density at radius 2 is 1.95 bits per heavy atom. The lowest BCUT2D eigenvalue weighted by Crippen LogP contribution is -2.26. The number of aromatic nitrogens is 5. The van der Waals surface area contributed by atoms with E-state index in [4.69, 9.17) is 19.1 Å². The third-order valence-electron chi connectivity index (χ3n) is 6.93. The number of nitrogens with zero attached hydrogens (tertiary/aromatic N) is 5. The summed E-state index contributed by atoms with van der Waals surface area (Å²) in [5.74, 6) is -0.248. The first-order chi connectivity index (χ1) is 19.4. The van der Waals surface area contributed by atoms with Crippen LogP contribution in [-0.2, 0) is 24.8 Å². The predicted molar refractivity (Wildman–Crippen MR) is 144 cm³/mol. The van der Waals surface area contributed by atoms with Crippen LogP contribution in [0, 0.1) is 5.82 Å². The van der Waals surface area contributed by atoms with Crippen molar-refractivity contribution >= 4 is 11.6 Å². The van der Waals surface area contributed by atoms with Crippen molar-refractivity contribution in [1.82, 2.24) is 24.5 Å². The van der Waals surface area contributed by atoms with E-state index in [1.54, 1.807) is 49.0 Å². The molecule has 2 aliphatic rings. The van der Waals surface area contributed by atoms with Crippen molar-refractivity contribution in [3.63, 3.8) is 0 Å². The summed E-state index contributed by atoms with van der Waals surface area (Å²) in [4.78, 5) is 31.2. The fourth-order valence-electron chi connectivity index (χ4n) is 4.98. The maximum atomic E-state index is 13.8. The second-order valence-electron chi connectivity index (χ2n) is 10.3. The first-order valence-electron chi connectivity index (χ1n) is 13.7. The second kappa shape index (κ2) is 9.81. The molecule has 0 fully saturated rings. The molecular weight excluding hydrogens is 521 g/mol. The minimum atomic E-state index is -1.84. The van der Waals surface area contributed by atoms with Gasteiger partial charge < -0.3 is 9.84 Å². The molecule has 200 valence electrons. The standard InChI is InChI=1S/C29H27ClFN5O3/c1-29(2,38)28-32-10-9-20(35-28)21-13-22-17(14-33-21)5-3-4-6-19-12-24(25(30)27(37)36(19)22)39-23-8-7-16-11-18(31)15-34-26(16)23/h9-15,23,38H,3-8H2,1-2H3/i7D2. The quantitative estimate of drug-likeness (QED) is 0.380. The van der Waals surface area contributed by atoms with Gasteiger partial charge in [-0.05, 0) is 81.7 Å². The Morgan fingerprint density at radius 3 is 2.77 bits per heavy atom. The molecule has 8 nitrogen and oxygen atoms in total. The van der Waals surface area contributed by atoms with E-state index in [2.05, 4.69) is 19.9 Å². The molecule has 0 bridgehead atoms. The van der Waals surface area contributed by atoms with E-state index in [0.717, 1.165) is 37.1 Å². The number of halogens is 2. The van der Waals surface area contributed by atoms with Gasteiger partial charge in [0.25, 0.3) is 5.56 Å². The number of hydrogen-bond acceptors (Lipinski definition) is 7. The molecule has 1 aliphatic carbocycles. The summed E-state index contributed by atoms with van der Waals surface area (Å²) in [5, 5.41) is 10.2. The van der Waals surface area contributed by atoms with Gasteiger partial charge in [-0.3, -0.25) is 19.3 Å². The van der Waals surface area contributed by atoms with Crippen molar-refractivity contribution in [3.8, 4) is 22.8 Å². The average Bonchev–Trinajstić information content (AvgIpc) is 3.16. The van der Waals surface area contributed by atoms with Gasteiger partial charge in [0.05, 0.1) is 29.0 Å². The molecule has 1 aliphatic heterocycles. The van der Waals surface area contributed by atoms with Gasteiger partial charge in [-0.2, -0.15) is 0 Å². The van der Waals surface area contributed by atoms with Crippen LogP contribution < -0.4 is 10.3 Å². The van der Waals surface area contributed by atoms with Crippen LogP contribution in [0.25, 0.3) is 17.1 Å². The van der Waals surface area contributed by atoms with Crippen LogP contribution in [0.5, 0.6) is 5.75 Å². The van der Waals surface area contributed by atoms with Gasteiger partial charge in [0.1, 0.15) is 28.3 Å². The molecule has 10 heteroatoms. The van der Waals surface area contributed by atoms with E-state index in [9.17, 15) is 14.3 Å². The van der Waals surface area contributed by atoms with Gasteiger partial charge in [0.15, 0.2) is 5.82 Å². The minimum absolute atomic E-state index is 0.0863. The molecule has 0 saturated carbocycles. The van der Waals surface area contributed by atoms with Crippen LogP contribution in [0.1, 0.15) is 70.3 Å². The van der Waals surface area contributed by atoms with Gasteiger partial charge in [0, 0.05) is 26.9 Å². The third kappa shape index (κ3) is 4.81. The highest BCUT2D eigenvalue weighted by Gasteiger charge is 2.29. The Morgan fingerprint density at radius 1 is 1.13 bits per heavy atom. The zero-order valence-corrected chi connectivity index (χ0v) is 22.2. The molecule has 1 N–H and O–H groups in total. The smallest absolute Gasteiger partial charge is 0.277 e. The van der Waals surface area contributed by atoms with Crippen LogP contribution in [0.4, 0.5) is 4.39 Å². The monoisotopic (exact) mass is 549 g/mol. The van der Waals surface area contributed by atoms with Gasteiger partial charge in [0.2, 0.25) is 0 Å². The average molecular weight is 550 g/mol. The van der Waals surface area contributed by atoms with Gasteiger partial charge in [-0.25, -0.2) is 14.4 Å². The summed E-state index contributed by atoms with van der Waals surface area (Å²) in [6.45, 7) is 3.20. The molecule has 1 atom stereocenters. The van der Waals surface area contributed by atoms with Crippen molar-refractivity contribution in [3.05, 3.63) is 92.4 Å². The Hall–Kier alpha value is -3.69. The Labute approximate surface area is 232 Å². The Bertz CT molecular complexity index is 1740. The number of aryl methyl sites for hydroxylation is 3. The van der Waals surface area contributed by atoms with Crippen molar-refractivity contribution in [1.29, 1.82) is 0 Å². The van der Waals surface area contributed by atoms with Crippen LogP contribution >= 0.6 is 11.6 Å². The molecular formula is C29H27ClFN5O3. The van der Waals surface area contributed by atoms with Gasteiger partial charge in [-0.15, -0.1) is 0 Å². The summed E-state index contributed by atoms with van der Waals surface area (Å²) in [6.07, 6.45) is 4.56. The van der Waals surface area contributed by atoms with Crippen LogP contribution in [-0.4, -0.2) is 29.6 Å². The van der Waals surface area contributed by atoms with Crippen LogP contribution in [0.15, 0.2) is 47.7 Å². The molecule has 0 radical (unpaired) electrons. The van der Waals surface area contributed by atoms with E-state index < -0.39 is 29.5 Å². The first-order valence-corrected chi connectivity index (χ1v) is 13.1. The maximum absolute atomic E-state index is 13.8. The van der Waals surface area contributed by atoms with E-state index in [0.29, 0.717) is 29.2 Å². The molecule has 5 heterocycles. The van der Waals surface area contributed by atoms with Crippen LogP contribution in [0.2, 0.25) is 5.02 Å². The topological polar surface area (TPSA) is 103 Å². The third-order valence-corrected chi connectivity index (χ3v) is 7.27. The zero-order chi connectivity index (χ0) is 29.1. The largest absolute Gasteiger partial charge is 0.482 e. The fourth-order valence-corrected chi connectivity index (χ4v) is 5.16. The lowest BCUT2D eigenvalue weighted by atomic mass is 10.0. The van der Waals surface area contributed by atoms with E-state index in [1.165, 1.54) is 0 Å². The molecule has 1 unspecified atom stereocenters.